The van der Waals surface area contributed by atoms with E-state index >= 15 is 0 Å². The first-order valence-corrected chi connectivity index (χ1v) is 5.37. The van der Waals surface area contributed by atoms with Crippen LogP contribution in [0.15, 0.2) is 0 Å². The predicted molar refractivity (Wildman–Crippen MR) is 57.3 cm³/mol. The molecule has 0 aromatic heterocycles. The van der Waals surface area contributed by atoms with Crippen LogP contribution in [0.5, 0.6) is 0 Å². The minimum absolute atomic E-state index is 0.386. The molecule has 17 heavy (non-hydrogen) atoms. The summed E-state index contributed by atoms with van der Waals surface area (Å²) in [5.41, 5.74) is 0. The third-order valence-electron chi connectivity index (χ3n) is 2.45. The summed E-state index contributed by atoms with van der Waals surface area (Å²) in [7, 11) is 1.16. The number of aliphatic carboxylic acids is 1. The molecule has 1 fully saturated rings. The fourth-order valence-corrected chi connectivity index (χ4v) is 1.22. The molecule has 0 spiro atoms. The van der Waals surface area contributed by atoms with E-state index in [9.17, 15) is 14.4 Å². The summed E-state index contributed by atoms with van der Waals surface area (Å²) in [5.74, 6) is -1.44. The molecule has 1 aliphatic carbocycles. The van der Waals surface area contributed by atoms with Gasteiger partial charge in [0.05, 0.1) is 13.5 Å². The van der Waals surface area contributed by atoms with Crippen LogP contribution in [-0.4, -0.2) is 42.8 Å². The van der Waals surface area contributed by atoms with E-state index in [0.29, 0.717) is 12.5 Å². The molecule has 7 nitrogen and oxygen atoms in total. The number of rotatable bonds is 6. The topological polar surface area (TPSA) is 105 Å². The maximum atomic E-state index is 11.3. The van der Waals surface area contributed by atoms with Crippen molar-refractivity contribution in [2.45, 2.75) is 25.3 Å². The highest BCUT2D eigenvalue weighted by atomic mass is 16.5. The number of amides is 2. The molecule has 96 valence electrons. The van der Waals surface area contributed by atoms with Crippen LogP contribution in [0.3, 0.4) is 0 Å². The average molecular weight is 244 g/mol. The van der Waals surface area contributed by atoms with Crippen LogP contribution in [0.4, 0.5) is 4.79 Å². The van der Waals surface area contributed by atoms with Gasteiger partial charge in [-0.25, -0.2) is 9.59 Å². The average Bonchev–Trinajstić information content (AvgIpc) is 3.08. The lowest BCUT2D eigenvalue weighted by molar-refractivity contribution is -0.147. The maximum absolute atomic E-state index is 11.3. The fourth-order valence-electron chi connectivity index (χ4n) is 1.22. The Morgan fingerprint density at radius 1 is 1.41 bits per heavy atom. The van der Waals surface area contributed by atoms with Crippen molar-refractivity contribution in [2.75, 3.05) is 13.7 Å². The van der Waals surface area contributed by atoms with Crippen molar-refractivity contribution in [3.05, 3.63) is 0 Å². The monoisotopic (exact) mass is 244 g/mol. The van der Waals surface area contributed by atoms with Gasteiger partial charge in [-0.15, -0.1) is 0 Å². The van der Waals surface area contributed by atoms with Gasteiger partial charge in [-0.05, 0) is 18.8 Å². The Kier molecular flexibility index (Phi) is 4.74. The van der Waals surface area contributed by atoms with Crippen molar-refractivity contribution in [2.24, 2.45) is 5.92 Å². The molecule has 1 saturated carbocycles. The lowest BCUT2D eigenvalue weighted by Crippen LogP contribution is -2.47. The second-order valence-electron chi connectivity index (χ2n) is 3.97. The second kappa shape index (κ2) is 6.07. The van der Waals surface area contributed by atoms with Crippen LogP contribution in [-0.2, 0) is 14.3 Å². The number of esters is 1. The van der Waals surface area contributed by atoms with Gasteiger partial charge in [-0.3, -0.25) is 4.79 Å². The highest BCUT2D eigenvalue weighted by Gasteiger charge is 2.25. The largest absolute Gasteiger partial charge is 0.480 e. The van der Waals surface area contributed by atoms with Crippen molar-refractivity contribution < 1.29 is 24.2 Å². The third-order valence-corrected chi connectivity index (χ3v) is 2.45. The first-order chi connectivity index (χ1) is 8.02. The summed E-state index contributed by atoms with van der Waals surface area (Å²) < 4.78 is 4.35. The van der Waals surface area contributed by atoms with Gasteiger partial charge in [0.25, 0.3) is 0 Å². The standard InChI is InChI=1S/C10H16N2O5/c1-17-8(13)4-7(9(14)15)12-10(16)11-5-6-2-3-6/h6-7H,2-5H2,1H3,(H,14,15)(H2,11,12,16)/t7-/m0/s1. The van der Waals surface area contributed by atoms with E-state index < -0.39 is 24.0 Å². The molecule has 0 saturated heterocycles. The van der Waals surface area contributed by atoms with Gasteiger partial charge in [0.1, 0.15) is 6.04 Å². The Labute approximate surface area is 98.5 Å². The Morgan fingerprint density at radius 3 is 2.53 bits per heavy atom. The van der Waals surface area contributed by atoms with Crippen molar-refractivity contribution in [1.82, 2.24) is 10.6 Å². The van der Waals surface area contributed by atoms with Crippen LogP contribution in [0.1, 0.15) is 19.3 Å². The first-order valence-electron chi connectivity index (χ1n) is 5.37. The molecule has 0 aromatic rings. The summed E-state index contributed by atoms with van der Waals surface area (Å²) in [5, 5.41) is 13.6. The highest BCUT2D eigenvalue weighted by Crippen LogP contribution is 2.27. The fraction of sp³-hybridized carbons (Fsp3) is 0.700. The number of carbonyl (C=O) groups is 3. The Bertz CT molecular complexity index is 314. The lowest BCUT2D eigenvalue weighted by Gasteiger charge is -2.13. The van der Waals surface area contributed by atoms with Crippen molar-refractivity contribution in [1.29, 1.82) is 0 Å². The van der Waals surface area contributed by atoms with Gasteiger partial charge < -0.3 is 20.5 Å². The van der Waals surface area contributed by atoms with E-state index in [1.54, 1.807) is 0 Å². The predicted octanol–water partition coefficient (Wildman–Crippen LogP) is -0.288. The Balaban J connectivity index is 2.33. The van der Waals surface area contributed by atoms with Crippen LogP contribution >= 0.6 is 0 Å². The normalized spacial score (nSPS) is 15.8. The van der Waals surface area contributed by atoms with Gasteiger partial charge in [0, 0.05) is 6.54 Å². The van der Waals surface area contributed by atoms with Crippen molar-refractivity contribution in [3.63, 3.8) is 0 Å². The molecular formula is C10H16N2O5. The van der Waals surface area contributed by atoms with Crippen LogP contribution in [0.25, 0.3) is 0 Å². The number of methoxy groups -OCH3 is 1. The zero-order valence-electron chi connectivity index (χ0n) is 9.56. The number of nitrogens with one attached hydrogen (secondary N) is 2. The number of carbonyl (C=O) groups excluding carboxylic acids is 2. The molecule has 0 aromatic carbocycles. The third kappa shape index (κ3) is 5.19. The molecule has 0 heterocycles. The molecule has 1 rings (SSSR count). The second-order valence-corrected chi connectivity index (χ2v) is 3.97. The van der Waals surface area contributed by atoms with E-state index in [1.165, 1.54) is 0 Å². The van der Waals surface area contributed by atoms with E-state index in [-0.39, 0.29) is 6.42 Å². The summed E-state index contributed by atoms with van der Waals surface area (Å²) in [6.07, 6.45) is 1.79. The summed E-state index contributed by atoms with van der Waals surface area (Å²) in [4.78, 5) is 33.0. The number of urea groups is 1. The highest BCUT2D eigenvalue weighted by molar-refractivity contribution is 5.86. The first kappa shape index (κ1) is 13.3. The quantitative estimate of drug-likeness (QED) is 0.557. The molecule has 2 amide bonds. The van der Waals surface area contributed by atoms with E-state index in [0.717, 1.165) is 20.0 Å². The van der Waals surface area contributed by atoms with Gasteiger partial charge in [-0.1, -0.05) is 0 Å². The number of carboxylic acids is 1. The lowest BCUT2D eigenvalue weighted by atomic mass is 10.2. The summed E-state index contributed by atoms with van der Waals surface area (Å²) in [6.45, 7) is 0.538. The summed E-state index contributed by atoms with van der Waals surface area (Å²) in [6, 6.07) is -1.84. The number of ether oxygens (including phenoxy) is 1. The van der Waals surface area contributed by atoms with Gasteiger partial charge in [-0.2, -0.15) is 0 Å². The molecular weight excluding hydrogens is 228 g/mol. The molecule has 1 aliphatic rings. The van der Waals surface area contributed by atoms with Gasteiger partial charge in [0.15, 0.2) is 0 Å². The molecule has 7 heteroatoms. The van der Waals surface area contributed by atoms with Gasteiger partial charge in [0.2, 0.25) is 0 Å². The molecule has 0 radical (unpaired) electrons. The smallest absolute Gasteiger partial charge is 0.326 e. The zero-order valence-corrected chi connectivity index (χ0v) is 9.56. The maximum Gasteiger partial charge on any atom is 0.326 e. The zero-order chi connectivity index (χ0) is 12.8. The SMILES string of the molecule is COC(=O)C[C@H](NC(=O)NCC1CC1)C(=O)O. The Hall–Kier alpha value is -1.79. The van der Waals surface area contributed by atoms with Crippen molar-refractivity contribution in [3.8, 4) is 0 Å². The molecule has 0 bridgehead atoms. The van der Waals surface area contributed by atoms with Crippen LogP contribution in [0.2, 0.25) is 0 Å². The van der Waals surface area contributed by atoms with E-state index in [2.05, 4.69) is 15.4 Å². The molecule has 1 atom stereocenters. The van der Waals surface area contributed by atoms with E-state index in [4.69, 9.17) is 5.11 Å². The minimum atomic E-state index is -1.27. The summed E-state index contributed by atoms with van der Waals surface area (Å²) >= 11 is 0. The number of hydrogen-bond donors (Lipinski definition) is 3. The Morgan fingerprint density at radius 2 is 2.06 bits per heavy atom. The van der Waals surface area contributed by atoms with Crippen LogP contribution < -0.4 is 10.6 Å². The minimum Gasteiger partial charge on any atom is -0.480 e. The molecule has 0 aliphatic heterocycles. The number of hydrogen-bond acceptors (Lipinski definition) is 4. The van der Waals surface area contributed by atoms with E-state index in [1.807, 2.05) is 0 Å². The van der Waals surface area contributed by atoms with Crippen LogP contribution in [0, 0.1) is 5.92 Å². The number of carboxylic acid groups (broad SMARTS) is 1. The van der Waals surface area contributed by atoms with Crippen molar-refractivity contribution >= 4 is 18.0 Å². The van der Waals surface area contributed by atoms with Gasteiger partial charge >= 0.3 is 18.0 Å². The molecule has 0 unspecified atom stereocenters. The molecule has 3 N–H and O–H groups in total.